The topological polar surface area (TPSA) is 42.3 Å². The SMILES string of the molecule is O=C1CCN(Cc2ccccc2)C/C1=C\c1cccn1C(=O)c1ccccc1. The first-order valence-corrected chi connectivity index (χ1v) is 9.48. The van der Waals surface area contributed by atoms with Crippen molar-refractivity contribution in [2.45, 2.75) is 13.0 Å². The van der Waals surface area contributed by atoms with Gasteiger partial charge in [0.1, 0.15) is 0 Å². The maximum Gasteiger partial charge on any atom is 0.262 e. The number of rotatable bonds is 4. The average Bonchev–Trinajstić information content (AvgIpc) is 3.19. The molecule has 2 heterocycles. The smallest absolute Gasteiger partial charge is 0.262 e. The molecule has 4 nitrogen and oxygen atoms in total. The molecule has 0 atom stereocenters. The number of nitrogens with zero attached hydrogens (tertiary/aromatic N) is 2. The molecule has 4 rings (SSSR count). The van der Waals surface area contributed by atoms with Crippen LogP contribution in [0.3, 0.4) is 0 Å². The Morgan fingerprint density at radius 2 is 1.64 bits per heavy atom. The Balaban J connectivity index is 1.55. The fourth-order valence-electron chi connectivity index (χ4n) is 3.53. The summed E-state index contributed by atoms with van der Waals surface area (Å²) in [6.07, 6.45) is 4.11. The Labute approximate surface area is 164 Å². The first-order chi connectivity index (χ1) is 13.7. The first-order valence-electron chi connectivity index (χ1n) is 9.48. The fraction of sp³-hybridized carbons (Fsp3) is 0.167. The number of benzene rings is 2. The largest absolute Gasteiger partial charge is 0.294 e. The van der Waals surface area contributed by atoms with Crippen LogP contribution in [0.1, 0.15) is 28.0 Å². The molecule has 1 aromatic heterocycles. The van der Waals surface area contributed by atoms with Gasteiger partial charge in [0.2, 0.25) is 0 Å². The Morgan fingerprint density at radius 3 is 2.39 bits per heavy atom. The van der Waals surface area contributed by atoms with Crippen LogP contribution in [0.4, 0.5) is 0 Å². The minimum atomic E-state index is -0.0955. The predicted octanol–water partition coefficient (Wildman–Crippen LogP) is 4.04. The highest BCUT2D eigenvalue weighted by molar-refractivity contribution is 6.02. The van der Waals surface area contributed by atoms with Crippen LogP contribution >= 0.6 is 0 Å². The molecule has 2 aromatic carbocycles. The molecule has 28 heavy (non-hydrogen) atoms. The molecular weight excluding hydrogens is 348 g/mol. The number of piperidine rings is 1. The van der Waals surface area contributed by atoms with Crippen molar-refractivity contribution in [3.63, 3.8) is 0 Å². The predicted molar refractivity (Wildman–Crippen MR) is 110 cm³/mol. The van der Waals surface area contributed by atoms with Crippen LogP contribution in [0.5, 0.6) is 0 Å². The summed E-state index contributed by atoms with van der Waals surface area (Å²) in [6.45, 7) is 2.17. The maximum atomic E-state index is 12.8. The van der Waals surface area contributed by atoms with E-state index in [4.69, 9.17) is 0 Å². The molecule has 0 radical (unpaired) electrons. The summed E-state index contributed by atoms with van der Waals surface area (Å²) in [6, 6.07) is 23.2. The van der Waals surface area contributed by atoms with E-state index >= 15 is 0 Å². The lowest BCUT2D eigenvalue weighted by Crippen LogP contribution is -2.35. The molecule has 0 aliphatic carbocycles. The Hall–Kier alpha value is -3.24. The van der Waals surface area contributed by atoms with Gasteiger partial charge in [-0.05, 0) is 35.9 Å². The summed E-state index contributed by atoms with van der Waals surface area (Å²) in [5, 5.41) is 0. The van der Waals surface area contributed by atoms with Gasteiger partial charge in [-0.15, -0.1) is 0 Å². The van der Waals surface area contributed by atoms with E-state index in [1.54, 1.807) is 22.9 Å². The number of ketones is 1. The monoisotopic (exact) mass is 370 g/mol. The van der Waals surface area contributed by atoms with Gasteiger partial charge in [-0.2, -0.15) is 0 Å². The molecule has 1 aliphatic heterocycles. The summed E-state index contributed by atoms with van der Waals surface area (Å²) in [5.41, 5.74) is 3.35. The normalized spacial score (nSPS) is 16.4. The molecule has 0 bridgehead atoms. The molecule has 1 aliphatic rings. The van der Waals surface area contributed by atoms with Gasteiger partial charge in [-0.25, -0.2) is 0 Å². The second kappa shape index (κ2) is 8.19. The molecule has 0 amide bonds. The lowest BCUT2D eigenvalue weighted by Gasteiger charge is -2.27. The molecule has 0 saturated carbocycles. The van der Waals surface area contributed by atoms with Gasteiger partial charge in [0.05, 0.1) is 0 Å². The van der Waals surface area contributed by atoms with Crippen molar-refractivity contribution in [3.8, 4) is 0 Å². The molecule has 4 heteroatoms. The van der Waals surface area contributed by atoms with Crippen LogP contribution in [0.2, 0.25) is 0 Å². The standard InChI is InChI=1S/C24H22N2O2/c27-23-13-15-25(17-19-8-3-1-4-9-19)18-21(23)16-22-12-7-14-26(22)24(28)20-10-5-2-6-11-20/h1-12,14,16H,13,15,17-18H2/b21-16+. The van der Waals surface area contributed by atoms with Crippen molar-refractivity contribution >= 4 is 17.8 Å². The molecular formula is C24H22N2O2. The van der Waals surface area contributed by atoms with E-state index in [9.17, 15) is 9.59 Å². The van der Waals surface area contributed by atoms with E-state index in [1.807, 2.05) is 54.6 Å². The van der Waals surface area contributed by atoms with Crippen molar-refractivity contribution in [1.82, 2.24) is 9.47 Å². The van der Waals surface area contributed by atoms with Crippen LogP contribution < -0.4 is 0 Å². The maximum absolute atomic E-state index is 12.8. The highest BCUT2D eigenvalue weighted by Crippen LogP contribution is 2.19. The third-order valence-corrected chi connectivity index (χ3v) is 5.00. The number of hydrogen-bond acceptors (Lipinski definition) is 3. The van der Waals surface area contributed by atoms with Gasteiger partial charge < -0.3 is 0 Å². The Kier molecular flexibility index (Phi) is 5.31. The van der Waals surface area contributed by atoms with Crippen molar-refractivity contribution < 1.29 is 9.59 Å². The lowest BCUT2D eigenvalue weighted by atomic mass is 10.0. The first kappa shape index (κ1) is 18.1. The third kappa shape index (κ3) is 4.02. The minimum Gasteiger partial charge on any atom is -0.294 e. The van der Waals surface area contributed by atoms with Gasteiger partial charge in [-0.3, -0.25) is 19.1 Å². The van der Waals surface area contributed by atoms with Crippen molar-refractivity contribution in [3.05, 3.63) is 101 Å². The molecule has 140 valence electrons. The molecule has 0 spiro atoms. The van der Waals surface area contributed by atoms with Gasteiger partial charge >= 0.3 is 0 Å². The van der Waals surface area contributed by atoms with E-state index in [-0.39, 0.29) is 11.7 Å². The van der Waals surface area contributed by atoms with Gasteiger partial charge in [0.15, 0.2) is 5.78 Å². The number of aromatic nitrogens is 1. The molecule has 3 aromatic rings. The molecule has 0 N–H and O–H groups in total. The van der Waals surface area contributed by atoms with Gasteiger partial charge in [0, 0.05) is 49.1 Å². The quantitative estimate of drug-likeness (QED) is 0.651. The summed E-state index contributed by atoms with van der Waals surface area (Å²) in [5.74, 6) is 0.0612. The zero-order valence-electron chi connectivity index (χ0n) is 15.6. The van der Waals surface area contributed by atoms with E-state index in [0.29, 0.717) is 18.5 Å². The number of carbonyl (C=O) groups is 2. The number of likely N-dealkylation sites (tertiary alicyclic amines) is 1. The van der Waals surface area contributed by atoms with Crippen LogP contribution in [0.15, 0.2) is 84.6 Å². The average molecular weight is 370 g/mol. The highest BCUT2D eigenvalue weighted by Gasteiger charge is 2.22. The van der Waals surface area contributed by atoms with E-state index in [2.05, 4.69) is 17.0 Å². The van der Waals surface area contributed by atoms with Crippen molar-refractivity contribution in [1.29, 1.82) is 0 Å². The van der Waals surface area contributed by atoms with Gasteiger partial charge in [0.25, 0.3) is 5.91 Å². The summed E-state index contributed by atoms with van der Waals surface area (Å²) < 4.78 is 1.60. The van der Waals surface area contributed by atoms with Crippen LogP contribution in [0, 0.1) is 0 Å². The molecule has 1 fully saturated rings. The van der Waals surface area contributed by atoms with E-state index in [0.717, 1.165) is 24.4 Å². The molecule has 1 saturated heterocycles. The zero-order valence-corrected chi connectivity index (χ0v) is 15.6. The van der Waals surface area contributed by atoms with Crippen LogP contribution in [0.25, 0.3) is 6.08 Å². The summed E-state index contributed by atoms with van der Waals surface area (Å²) >= 11 is 0. The van der Waals surface area contributed by atoms with Crippen molar-refractivity contribution in [2.75, 3.05) is 13.1 Å². The number of Topliss-reactive ketones (excluding diaryl/α,β-unsaturated/α-hetero) is 1. The van der Waals surface area contributed by atoms with Crippen molar-refractivity contribution in [2.24, 2.45) is 0 Å². The third-order valence-electron chi connectivity index (χ3n) is 5.00. The number of carbonyl (C=O) groups excluding carboxylic acids is 2. The fourth-order valence-corrected chi connectivity index (χ4v) is 3.53. The van der Waals surface area contributed by atoms with Crippen LogP contribution in [-0.2, 0) is 11.3 Å². The lowest BCUT2D eigenvalue weighted by molar-refractivity contribution is -0.117. The zero-order chi connectivity index (χ0) is 19.3. The molecule has 0 unspecified atom stereocenters. The number of hydrogen-bond donors (Lipinski definition) is 0. The highest BCUT2D eigenvalue weighted by atomic mass is 16.2. The van der Waals surface area contributed by atoms with E-state index in [1.165, 1.54) is 5.56 Å². The second-order valence-electron chi connectivity index (χ2n) is 7.01. The summed E-state index contributed by atoms with van der Waals surface area (Å²) in [7, 11) is 0. The van der Waals surface area contributed by atoms with Gasteiger partial charge in [-0.1, -0.05) is 48.5 Å². The summed E-state index contributed by atoms with van der Waals surface area (Å²) in [4.78, 5) is 27.5. The van der Waals surface area contributed by atoms with Crippen LogP contribution in [-0.4, -0.2) is 34.2 Å². The Morgan fingerprint density at radius 1 is 0.929 bits per heavy atom. The Bertz CT molecular complexity index is 1000. The second-order valence-corrected chi connectivity index (χ2v) is 7.01. The minimum absolute atomic E-state index is 0.0955. The van der Waals surface area contributed by atoms with E-state index < -0.39 is 0 Å².